The highest BCUT2D eigenvalue weighted by atomic mass is 16.5. The molecule has 0 bridgehead atoms. The molecular weight excluding hydrogens is 416 g/mol. The second-order valence-electron chi connectivity index (χ2n) is 9.20. The molecule has 0 amide bonds. The second kappa shape index (κ2) is 13.9. The fourth-order valence-corrected chi connectivity index (χ4v) is 4.67. The Bertz CT molecular complexity index is 845. The van der Waals surface area contributed by atoms with Crippen LogP contribution in [-0.4, -0.2) is 16.7 Å². The van der Waals surface area contributed by atoms with Gasteiger partial charge in [0.2, 0.25) is 17.4 Å². The molecule has 0 aromatic rings. The molecule has 0 radical (unpaired) electrons. The average Bonchev–Trinajstić information content (AvgIpc) is 2.80. The summed E-state index contributed by atoms with van der Waals surface area (Å²) in [4.78, 5) is 26.2. The van der Waals surface area contributed by atoms with E-state index in [9.17, 15) is 20.0 Å². The maximum absolute atomic E-state index is 13.1. The van der Waals surface area contributed by atoms with Gasteiger partial charge in [-0.05, 0) is 19.3 Å². The Kier molecular flexibility index (Phi) is 11.2. The van der Waals surface area contributed by atoms with Crippen LogP contribution in [0.1, 0.15) is 110 Å². The Balaban J connectivity index is 2.01. The van der Waals surface area contributed by atoms with Crippen LogP contribution in [0.15, 0.2) is 34.1 Å². The maximum atomic E-state index is 13.1. The number of nitriles is 1. The summed E-state index contributed by atoms with van der Waals surface area (Å²) in [5, 5.41) is 20.2. The van der Waals surface area contributed by atoms with E-state index in [1.807, 2.05) is 6.07 Å². The van der Waals surface area contributed by atoms with Crippen molar-refractivity contribution in [1.82, 2.24) is 0 Å². The molecule has 6 nitrogen and oxygen atoms in total. The number of rotatable bonds is 15. The third-order valence-electron chi connectivity index (χ3n) is 6.64. The SMILES string of the molecule is CCCCCCCCCCCC1=C(O)C(=O)C2=C(OC(N)=C(C#N)C2CCCCCC)C1=O. The fraction of sp³-hybridized carbons (Fsp3) is 0.667. The van der Waals surface area contributed by atoms with Gasteiger partial charge in [-0.1, -0.05) is 90.9 Å². The summed E-state index contributed by atoms with van der Waals surface area (Å²) in [7, 11) is 0. The molecule has 33 heavy (non-hydrogen) atoms. The normalized spacial score (nSPS) is 18.5. The number of nitrogens with zero attached hydrogens (tertiary/aromatic N) is 1. The van der Waals surface area contributed by atoms with Crippen molar-refractivity contribution < 1.29 is 19.4 Å². The number of ketones is 2. The highest BCUT2D eigenvalue weighted by Crippen LogP contribution is 2.41. The van der Waals surface area contributed by atoms with Gasteiger partial charge in [0.05, 0.1) is 11.1 Å². The lowest BCUT2D eigenvalue weighted by molar-refractivity contribution is -0.121. The van der Waals surface area contributed by atoms with Crippen LogP contribution in [0.25, 0.3) is 0 Å². The summed E-state index contributed by atoms with van der Waals surface area (Å²) in [5.74, 6) is -2.37. The monoisotopic (exact) mass is 456 g/mol. The summed E-state index contributed by atoms with van der Waals surface area (Å²) in [6.45, 7) is 4.31. The van der Waals surface area contributed by atoms with Crippen LogP contribution >= 0.6 is 0 Å². The van der Waals surface area contributed by atoms with Gasteiger partial charge in [-0.25, -0.2) is 0 Å². The Labute approximate surface area is 198 Å². The van der Waals surface area contributed by atoms with Gasteiger partial charge in [0, 0.05) is 11.5 Å². The molecule has 0 aromatic heterocycles. The van der Waals surface area contributed by atoms with Gasteiger partial charge in [-0.3, -0.25) is 9.59 Å². The van der Waals surface area contributed by atoms with Gasteiger partial charge < -0.3 is 15.6 Å². The Morgan fingerprint density at radius 1 is 0.879 bits per heavy atom. The number of nitrogens with two attached hydrogens (primary N) is 1. The van der Waals surface area contributed by atoms with Gasteiger partial charge in [0.25, 0.3) is 0 Å². The van der Waals surface area contributed by atoms with Crippen LogP contribution < -0.4 is 5.73 Å². The average molecular weight is 457 g/mol. The first-order valence-electron chi connectivity index (χ1n) is 12.8. The van der Waals surface area contributed by atoms with Gasteiger partial charge >= 0.3 is 0 Å². The van der Waals surface area contributed by atoms with Gasteiger partial charge in [0.15, 0.2) is 11.5 Å². The van der Waals surface area contributed by atoms with Crippen molar-refractivity contribution in [3.63, 3.8) is 0 Å². The van der Waals surface area contributed by atoms with Crippen LogP contribution in [0, 0.1) is 17.2 Å². The molecule has 1 unspecified atom stereocenters. The quantitative estimate of drug-likeness (QED) is 0.217. The third-order valence-corrected chi connectivity index (χ3v) is 6.64. The lowest BCUT2D eigenvalue weighted by Crippen LogP contribution is -2.34. The predicted molar refractivity (Wildman–Crippen MR) is 129 cm³/mol. The van der Waals surface area contributed by atoms with E-state index in [2.05, 4.69) is 13.8 Å². The number of carbonyl (C=O) groups excluding carboxylic acids is 2. The van der Waals surface area contributed by atoms with Crippen molar-refractivity contribution in [3.05, 3.63) is 34.1 Å². The summed E-state index contributed by atoms with van der Waals surface area (Å²) < 4.78 is 5.50. The predicted octanol–water partition coefficient (Wildman–Crippen LogP) is 6.44. The third kappa shape index (κ3) is 6.96. The van der Waals surface area contributed by atoms with Crippen molar-refractivity contribution in [2.45, 2.75) is 110 Å². The molecule has 2 rings (SSSR count). The zero-order chi connectivity index (χ0) is 24.2. The van der Waals surface area contributed by atoms with E-state index >= 15 is 0 Å². The van der Waals surface area contributed by atoms with Crippen molar-refractivity contribution >= 4 is 11.6 Å². The molecule has 182 valence electrons. The molecule has 1 atom stereocenters. The van der Waals surface area contributed by atoms with Crippen LogP contribution in [0.4, 0.5) is 0 Å². The molecule has 3 N–H and O–H groups in total. The van der Waals surface area contributed by atoms with E-state index < -0.39 is 23.2 Å². The van der Waals surface area contributed by atoms with Crippen molar-refractivity contribution in [3.8, 4) is 6.07 Å². The molecule has 2 aliphatic rings. The highest BCUT2D eigenvalue weighted by Gasteiger charge is 2.43. The fourth-order valence-electron chi connectivity index (χ4n) is 4.67. The highest BCUT2D eigenvalue weighted by molar-refractivity contribution is 6.24. The summed E-state index contributed by atoms with van der Waals surface area (Å²) in [6, 6.07) is 2.04. The number of hydrogen-bond donors (Lipinski definition) is 2. The van der Waals surface area contributed by atoms with E-state index in [1.165, 1.54) is 32.1 Å². The van der Waals surface area contributed by atoms with Gasteiger partial charge in [-0.15, -0.1) is 0 Å². The summed E-state index contributed by atoms with van der Waals surface area (Å²) in [6.07, 6.45) is 15.0. The lowest BCUT2D eigenvalue weighted by Gasteiger charge is -2.30. The molecule has 1 aliphatic carbocycles. The van der Waals surface area contributed by atoms with Crippen LogP contribution in [-0.2, 0) is 14.3 Å². The van der Waals surface area contributed by atoms with E-state index in [4.69, 9.17) is 10.5 Å². The smallest absolute Gasteiger partial charge is 0.228 e. The molecule has 0 aromatic carbocycles. The van der Waals surface area contributed by atoms with E-state index in [0.29, 0.717) is 12.8 Å². The molecule has 6 heteroatoms. The van der Waals surface area contributed by atoms with E-state index in [-0.39, 0.29) is 28.4 Å². The lowest BCUT2D eigenvalue weighted by atomic mass is 9.77. The summed E-state index contributed by atoms with van der Waals surface area (Å²) >= 11 is 0. The second-order valence-corrected chi connectivity index (χ2v) is 9.20. The number of aliphatic hydroxyl groups excluding tert-OH is 1. The minimum absolute atomic E-state index is 0.0931. The maximum Gasteiger partial charge on any atom is 0.228 e. The largest absolute Gasteiger partial charge is 0.504 e. The van der Waals surface area contributed by atoms with Crippen molar-refractivity contribution in [2.75, 3.05) is 0 Å². The van der Waals surface area contributed by atoms with Crippen LogP contribution in [0.3, 0.4) is 0 Å². The van der Waals surface area contributed by atoms with Crippen molar-refractivity contribution in [2.24, 2.45) is 11.7 Å². The molecule has 1 heterocycles. The molecule has 0 saturated heterocycles. The first-order valence-corrected chi connectivity index (χ1v) is 12.8. The number of ether oxygens (including phenoxy) is 1. The minimum atomic E-state index is -0.608. The molecule has 0 spiro atoms. The standard InChI is InChI=1S/C27H40N2O4/c1-3-5-7-9-10-11-12-13-15-17-20-23(30)25(32)22-19(16-14-8-6-4-2)21(18-28)27(29)33-26(22)24(20)31/h19,30H,3-17,29H2,1-2H3. The number of unbranched alkanes of at least 4 members (excludes halogenated alkanes) is 11. The molecule has 0 fully saturated rings. The first kappa shape index (κ1) is 26.7. The number of Topliss-reactive ketones (excluding diaryl/α,β-unsaturated/α-hetero) is 2. The summed E-state index contributed by atoms with van der Waals surface area (Å²) in [5.41, 5.74) is 6.33. The van der Waals surface area contributed by atoms with E-state index in [0.717, 1.165) is 51.4 Å². The van der Waals surface area contributed by atoms with Crippen molar-refractivity contribution in [1.29, 1.82) is 5.26 Å². The Morgan fingerprint density at radius 2 is 1.42 bits per heavy atom. The molecule has 1 aliphatic heterocycles. The zero-order valence-corrected chi connectivity index (χ0v) is 20.4. The van der Waals surface area contributed by atoms with Gasteiger partial charge in [-0.2, -0.15) is 5.26 Å². The Morgan fingerprint density at radius 3 is 2.00 bits per heavy atom. The number of allylic oxidation sites excluding steroid dienone is 3. The van der Waals surface area contributed by atoms with Crippen LogP contribution in [0.5, 0.6) is 0 Å². The molecular formula is C27H40N2O4. The van der Waals surface area contributed by atoms with Crippen LogP contribution in [0.2, 0.25) is 0 Å². The number of carbonyl (C=O) groups is 2. The number of hydrogen-bond acceptors (Lipinski definition) is 6. The zero-order valence-electron chi connectivity index (χ0n) is 20.4. The molecule has 0 saturated carbocycles. The minimum Gasteiger partial charge on any atom is -0.504 e. The Hall–Kier alpha value is -2.55. The first-order chi connectivity index (χ1) is 16.0. The van der Waals surface area contributed by atoms with Gasteiger partial charge in [0.1, 0.15) is 6.07 Å². The van der Waals surface area contributed by atoms with E-state index in [1.54, 1.807) is 0 Å². The topological polar surface area (TPSA) is 113 Å². The number of aliphatic hydroxyl groups is 1.